The largest absolute Gasteiger partial charge is 0.294 e. The van der Waals surface area contributed by atoms with Gasteiger partial charge in [-0.25, -0.2) is 0 Å². The second-order valence-corrected chi connectivity index (χ2v) is 2.13. The lowest BCUT2D eigenvalue weighted by Gasteiger charge is -1.98. The highest BCUT2D eigenvalue weighted by atomic mass is 19.3. The van der Waals surface area contributed by atoms with Gasteiger partial charge in [-0.1, -0.05) is 12.1 Å². The van der Waals surface area contributed by atoms with Crippen molar-refractivity contribution < 1.29 is 14.3 Å². The third-order valence-corrected chi connectivity index (χ3v) is 1.35. The first-order valence-electron chi connectivity index (χ1n) is 3.14. The van der Waals surface area contributed by atoms with Gasteiger partial charge in [0.1, 0.15) is 0 Å². The van der Waals surface area contributed by atoms with Crippen LogP contribution in [0, 0.1) is 0 Å². The molecule has 0 amide bonds. The van der Waals surface area contributed by atoms with Crippen molar-refractivity contribution in [1.29, 1.82) is 0 Å². The number of rotatable bonds is 2. The van der Waals surface area contributed by atoms with Crippen LogP contribution < -0.4 is 4.94 Å². The van der Waals surface area contributed by atoms with Gasteiger partial charge in [0.2, 0.25) is 0 Å². The lowest BCUT2D eigenvalue weighted by molar-refractivity contribution is -0.00703. The van der Waals surface area contributed by atoms with E-state index in [1.165, 1.54) is 19.1 Å². The zero-order chi connectivity index (χ0) is 8.27. The molecule has 0 atom stereocenters. The summed E-state index contributed by atoms with van der Waals surface area (Å²) in [5.74, 6) is -0.238. The zero-order valence-electron chi connectivity index (χ0n) is 6.00. The van der Waals surface area contributed by atoms with Gasteiger partial charge in [0.15, 0.2) is 11.5 Å². The molecule has 2 nitrogen and oxygen atoms in total. The van der Waals surface area contributed by atoms with Gasteiger partial charge in [0, 0.05) is 4.53 Å². The highest BCUT2D eigenvalue weighted by Crippen LogP contribution is 2.18. The van der Waals surface area contributed by atoms with Gasteiger partial charge in [-0.15, -0.1) is 0 Å². The summed E-state index contributed by atoms with van der Waals surface area (Å²) in [5, 5.41) is 0. The average Bonchev–Trinajstić information content (AvgIpc) is 2.04. The first-order chi connectivity index (χ1) is 5.25. The first kappa shape index (κ1) is 7.72. The highest BCUT2D eigenvalue weighted by Gasteiger charge is 2.06. The van der Waals surface area contributed by atoms with Crippen LogP contribution in [-0.2, 0) is 0 Å². The molecule has 0 N–H and O–H groups in total. The Balaban J connectivity index is 3.12. The summed E-state index contributed by atoms with van der Waals surface area (Å²) < 4.78 is 11.7. The summed E-state index contributed by atoms with van der Waals surface area (Å²) in [7, 11) is 0. The van der Waals surface area contributed by atoms with E-state index in [2.05, 4.69) is 4.94 Å². The van der Waals surface area contributed by atoms with Crippen LogP contribution in [-0.4, -0.2) is 5.78 Å². The Morgan fingerprint density at radius 3 is 2.55 bits per heavy atom. The minimum absolute atomic E-state index is 0.0278. The van der Waals surface area contributed by atoms with Gasteiger partial charge in [-0.05, 0) is 19.1 Å². The number of halogens is 1. The molecule has 0 saturated heterocycles. The number of para-hydroxylation sites is 1. The van der Waals surface area contributed by atoms with Crippen LogP contribution in [0.2, 0.25) is 0 Å². The summed E-state index contributed by atoms with van der Waals surface area (Å²) in [6.45, 7) is 1.36. The van der Waals surface area contributed by atoms with Crippen molar-refractivity contribution >= 4 is 5.78 Å². The van der Waals surface area contributed by atoms with E-state index in [9.17, 15) is 9.32 Å². The molecule has 1 rings (SSSR count). The number of benzene rings is 1. The number of hydrogen-bond acceptors (Lipinski definition) is 2. The maximum absolute atomic E-state index is 11.7. The van der Waals surface area contributed by atoms with E-state index >= 15 is 0 Å². The number of Topliss-reactive ketones (excluding diaryl/α,β-unsaturated/α-hetero) is 1. The van der Waals surface area contributed by atoms with Crippen LogP contribution in [0.4, 0.5) is 4.53 Å². The summed E-state index contributed by atoms with van der Waals surface area (Å²) in [4.78, 5) is 14.3. The van der Waals surface area contributed by atoms with E-state index in [1.54, 1.807) is 12.1 Å². The predicted octanol–water partition coefficient (Wildman–Crippen LogP) is 2.15. The van der Waals surface area contributed by atoms with E-state index in [0.717, 1.165) is 0 Å². The van der Waals surface area contributed by atoms with Crippen molar-refractivity contribution in [2.75, 3.05) is 0 Å². The quantitative estimate of drug-likeness (QED) is 0.610. The van der Waals surface area contributed by atoms with Crippen LogP contribution in [0.3, 0.4) is 0 Å². The first-order valence-corrected chi connectivity index (χ1v) is 3.14. The fourth-order valence-corrected chi connectivity index (χ4v) is 0.825. The zero-order valence-corrected chi connectivity index (χ0v) is 6.00. The van der Waals surface area contributed by atoms with E-state index in [1.807, 2.05) is 0 Å². The molecule has 0 aliphatic carbocycles. The Labute approximate surface area is 63.5 Å². The van der Waals surface area contributed by atoms with Crippen molar-refractivity contribution in [3.8, 4) is 5.75 Å². The molecule has 0 bridgehead atoms. The maximum Gasteiger partial charge on any atom is 0.182 e. The molecule has 0 fully saturated rings. The predicted molar refractivity (Wildman–Crippen MR) is 38.2 cm³/mol. The van der Waals surface area contributed by atoms with E-state index in [0.29, 0.717) is 0 Å². The molecular formula is C8H7FO2. The molecule has 3 heteroatoms. The molecule has 1 aromatic carbocycles. The van der Waals surface area contributed by atoms with Crippen LogP contribution >= 0.6 is 0 Å². The van der Waals surface area contributed by atoms with Gasteiger partial charge in [0.25, 0.3) is 0 Å². The van der Waals surface area contributed by atoms with Crippen molar-refractivity contribution in [3.05, 3.63) is 29.8 Å². The lowest BCUT2D eigenvalue weighted by Crippen LogP contribution is -1.94. The Morgan fingerprint density at radius 1 is 1.45 bits per heavy atom. The molecule has 0 aliphatic heterocycles. The smallest absolute Gasteiger partial charge is 0.182 e. The van der Waals surface area contributed by atoms with Crippen molar-refractivity contribution in [1.82, 2.24) is 0 Å². The van der Waals surface area contributed by atoms with E-state index < -0.39 is 0 Å². The fourth-order valence-electron chi connectivity index (χ4n) is 0.825. The van der Waals surface area contributed by atoms with E-state index in [4.69, 9.17) is 0 Å². The van der Waals surface area contributed by atoms with Gasteiger partial charge >= 0.3 is 0 Å². The summed E-state index contributed by atoms with van der Waals surface area (Å²) >= 11 is 0. The standard InChI is InChI=1S/C8H7FO2/c1-6(10)7-4-2-3-5-8(7)11-9/h2-5H,1H3. The van der Waals surface area contributed by atoms with Crippen molar-refractivity contribution in [3.63, 3.8) is 0 Å². The summed E-state index contributed by atoms with van der Waals surface area (Å²) in [6, 6.07) is 6.16. The molecular weight excluding hydrogens is 147 g/mol. The molecule has 0 spiro atoms. The molecule has 0 aliphatic rings. The summed E-state index contributed by atoms with van der Waals surface area (Å²) in [6.07, 6.45) is 0. The number of carbonyl (C=O) groups is 1. The third-order valence-electron chi connectivity index (χ3n) is 1.35. The second-order valence-electron chi connectivity index (χ2n) is 2.13. The summed E-state index contributed by atoms with van der Waals surface area (Å²) in [5.41, 5.74) is 0.259. The van der Waals surface area contributed by atoms with Gasteiger partial charge < -0.3 is 0 Å². The molecule has 0 unspecified atom stereocenters. The minimum Gasteiger partial charge on any atom is -0.294 e. The fraction of sp³-hybridized carbons (Fsp3) is 0.125. The molecule has 11 heavy (non-hydrogen) atoms. The maximum atomic E-state index is 11.7. The van der Waals surface area contributed by atoms with Crippen LogP contribution in [0.1, 0.15) is 17.3 Å². The Bertz CT molecular complexity index is 271. The van der Waals surface area contributed by atoms with Crippen LogP contribution in [0.5, 0.6) is 5.75 Å². The van der Waals surface area contributed by atoms with Crippen LogP contribution in [0.15, 0.2) is 24.3 Å². The van der Waals surface area contributed by atoms with Gasteiger partial charge in [0.05, 0.1) is 5.56 Å². The normalized spacial score (nSPS) is 9.27. The number of ketones is 1. The monoisotopic (exact) mass is 154 g/mol. The topological polar surface area (TPSA) is 26.3 Å². The van der Waals surface area contributed by atoms with Gasteiger partial charge in [-0.3, -0.25) is 9.74 Å². The Hall–Kier alpha value is -1.38. The molecule has 1 aromatic rings. The molecule has 0 heterocycles. The third kappa shape index (κ3) is 1.55. The molecule has 0 radical (unpaired) electrons. The minimum atomic E-state index is -0.210. The van der Waals surface area contributed by atoms with Crippen LogP contribution in [0.25, 0.3) is 0 Å². The Morgan fingerprint density at radius 2 is 2.09 bits per heavy atom. The van der Waals surface area contributed by atoms with Crippen molar-refractivity contribution in [2.45, 2.75) is 6.92 Å². The number of carbonyl (C=O) groups excluding carboxylic acids is 1. The molecule has 0 saturated carbocycles. The van der Waals surface area contributed by atoms with Crippen molar-refractivity contribution in [2.24, 2.45) is 0 Å². The number of hydrogen-bond donors (Lipinski definition) is 0. The molecule has 58 valence electrons. The highest BCUT2D eigenvalue weighted by molar-refractivity contribution is 5.96. The average molecular weight is 154 g/mol. The van der Waals surface area contributed by atoms with E-state index in [-0.39, 0.29) is 17.1 Å². The lowest BCUT2D eigenvalue weighted by atomic mass is 10.1. The molecule has 0 aromatic heterocycles. The SMILES string of the molecule is CC(=O)c1ccccc1OF. The van der Waals surface area contributed by atoms with Gasteiger partial charge in [-0.2, -0.15) is 0 Å². The Kier molecular flexibility index (Phi) is 2.21. The second kappa shape index (κ2) is 3.14.